The van der Waals surface area contributed by atoms with E-state index in [1.165, 1.54) is 167 Å². The number of hydrogen-bond donors (Lipinski definition) is 9. The Morgan fingerprint density at radius 1 is 0.352 bits per heavy atom. The van der Waals surface area contributed by atoms with E-state index in [-0.39, 0.29) is 18.9 Å². The summed E-state index contributed by atoms with van der Waals surface area (Å²) in [7, 11) is 0. The van der Waals surface area contributed by atoms with Crippen LogP contribution in [-0.2, 0) is 23.7 Å². The van der Waals surface area contributed by atoms with Crippen LogP contribution in [0.2, 0.25) is 0 Å². The molecule has 0 radical (unpaired) electrons. The molecule has 2 rings (SSSR count). The van der Waals surface area contributed by atoms with E-state index in [0.717, 1.165) is 116 Å². The Bertz CT molecular complexity index is 2380. The topological polar surface area (TPSA) is 228 Å². The van der Waals surface area contributed by atoms with Gasteiger partial charge in [0.2, 0.25) is 5.91 Å². The molecule has 2 saturated heterocycles. The van der Waals surface area contributed by atoms with Crippen molar-refractivity contribution in [3.8, 4) is 0 Å². The van der Waals surface area contributed by atoms with Crippen molar-refractivity contribution >= 4 is 5.91 Å². The zero-order valence-electron chi connectivity index (χ0n) is 65.9. The van der Waals surface area contributed by atoms with Gasteiger partial charge >= 0.3 is 0 Å². The summed E-state index contributed by atoms with van der Waals surface area (Å²) in [5, 5.41) is 87.7. The molecule has 12 atom stereocenters. The van der Waals surface area contributed by atoms with Gasteiger partial charge in [0, 0.05) is 6.42 Å². The molecule has 0 aromatic heterocycles. The van der Waals surface area contributed by atoms with Crippen LogP contribution in [0.5, 0.6) is 0 Å². The molecule has 2 aliphatic heterocycles. The van der Waals surface area contributed by atoms with Crippen molar-refractivity contribution in [2.45, 2.75) is 389 Å². The van der Waals surface area contributed by atoms with E-state index >= 15 is 0 Å². The zero-order chi connectivity index (χ0) is 75.8. The van der Waals surface area contributed by atoms with Gasteiger partial charge in [-0.1, -0.05) is 352 Å². The lowest BCUT2D eigenvalue weighted by molar-refractivity contribution is -0.359. The molecule has 2 heterocycles. The van der Waals surface area contributed by atoms with E-state index in [1.807, 2.05) is 6.08 Å². The summed E-state index contributed by atoms with van der Waals surface area (Å²) in [5.74, 6) is -0.271. The third kappa shape index (κ3) is 54.8. The van der Waals surface area contributed by atoms with Gasteiger partial charge in [0.25, 0.3) is 0 Å². The summed E-state index contributed by atoms with van der Waals surface area (Å²) < 4.78 is 22.9. The Balaban J connectivity index is 1.65. The van der Waals surface area contributed by atoms with Crippen LogP contribution in [0.4, 0.5) is 0 Å². The lowest BCUT2D eigenvalue weighted by Crippen LogP contribution is -2.65. The molecule has 2 fully saturated rings. The average Bonchev–Trinajstić information content (AvgIpc) is 0.789. The average molecular weight is 1470 g/mol. The predicted octanol–water partition coefficient (Wildman–Crippen LogP) is 20.1. The summed E-state index contributed by atoms with van der Waals surface area (Å²) in [5.41, 5.74) is 0. The van der Waals surface area contributed by atoms with Crippen LogP contribution in [0, 0.1) is 0 Å². The smallest absolute Gasteiger partial charge is 0.220 e. The fourth-order valence-electron chi connectivity index (χ4n) is 12.8. The highest BCUT2D eigenvalue weighted by molar-refractivity contribution is 5.76. The van der Waals surface area contributed by atoms with Crippen molar-refractivity contribution < 1.29 is 64.6 Å². The van der Waals surface area contributed by atoms with Gasteiger partial charge in [0.15, 0.2) is 12.6 Å². The molecular weight excluding hydrogens is 1310 g/mol. The molecular formula is C91H153NO13. The highest BCUT2D eigenvalue weighted by Gasteiger charge is 2.51. The maximum absolute atomic E-state index is 13.4. The number of amides is 1. The zero-order valence-corrected chi connectivity index (χ0v) is 65.9. The number of nitrogens with one attached hydrogen (secondary N) is 1. The van der Waals surface area contributed by atoms with Gasteiger partial charge in [-0.05, 0) is 116 Å². The van der Waals surface area contributed by atoms with Gasteiger partial charge in [0.1, 0.15) is 48.8 Å². The van der Waals surface area contributed by atoms with Gasteiger partial charge < -0.3 is 65.1 Å². The molecule has 0 saturated carbocycles. The van der Waals surface area contributed by atoms with Crippen LogP contribution in [0.1, 0.15) is 316 Å². The highest BCUT2D eigenvalue weighted by Crippen LogP contribution is 2.30. The lowest BCUT2D eigenvalue weighted by Gasteiger charge is -2.46. The minimum Gasteiger partial charge on any atom is -0.394 e. The van der Waals surface area contributed by atoms with Crippen molar-refractivity contribution in [2.24, 2.45) is 0 Å². The Morgan fingerprint density at radius 2 is 0.667 bits per heavy atom. The number of carbonyl (C=O) groups is 1. The third-order valence-corrected chi connectivity index (χ3v) is 19.4. The number of allylic oxidation sites excluding steroid dienone is 25. The van der Waals surface area contributed by atoms with Gasteiger partial charge in [-0.15, -0.1) is 0 Å². The monoisotopic (exact) mass is 1470 g/mol. The molecule has 0 aromatic rings. The van der Waals surface area contributed by atoms with Crippen LogP contribution < -0.4 is 5.32 Å². The second-order valence-corrected chi connectivity index (χ2v) is 28.9. The summed E-state index contributed by atoms with van der Waals surface area (Å²) in [6.07, 6.45) is 94.7. The van der Waals surface area contributed by atoms with Crippen LogP contribution in [0.15, 0.2) is 158 Å². The summed E-state index contributed by atoms with van der Waals surface area (Å²) in [6.45, 7) is 2.68. The molecule has 105 heavy (non-hydrogen) atoms. The lowest BCUT2D eigenvalue weighted by atomic mass is 9.97. The SMILES string of the molecule is CC/C=C\C/C=C\C/C=C\C/C=C\C/C=C\C/C=C\C/C=C\C/C=C\C/C=C\C/C=C\C/C=C\CCCCCCCC(=O)NC(COC1OC(CO)C(OC2OC(CO)C(O)C(O)C2O)C(O)C1O)C(O)/C=C/CC/C=C/CCCCCCCCCCCCCCCCCCCCCCCCCCCC. The molecule has 12 unspecified atom stereocenters. The quantitative estimate of drug-likeness (QED) is 0.0204. The molecule has 9 N–H and O–H groups in total. The second-order valence-electron chi connectivity index (χ2n) is 28.9. The Labute approximate surface area is 639 Å². The van der Waals surface area contributed by atoms with Crippen molar-refractivity contribution in [1.82, 2.24) is 5.32 Å². The fraction of sp³-hybridized carbons (Fsp3) is 0.703. The summed E-state index contributed by atoms with van der Waals surface area (Å²) >= 11 is 0. The van der Waals surface area contributed by atoms with Crippen molar-refractivity contribution in [2.75, 3.05) is 19.8 Å². The normalized spacial score (nSPS) is 22.2. The first-order valence-electron chi connectivity index (χ1n) is 42.2. The largest absolute Gasteiger partial charge is 0.394 e. The highest BCUT2D eigenvalue weighted by atomic mass is 16.7. The van der Waals surface area contributed by atoms with Gasteiger partial charge in [-0.2, -0.15) is 0 Å². The Kier molecular flexibility index (Phi) is 66.7. The van der Waals surface area contributed by atoms with E-state index < -0.39 is 86.8 Å². The van der Waals surface area contributed by atoms with Crippen molar-refractivity contribution in [3.05, 3.63) is 158 Å². The van der Waals surface area contributed by atoms with Crippen molar-refractivity contribution in [3.63, 3.8) is 0 Å². The molecule has 0 aliphatic carbocycles. The Morgan fingerprint density at radius 3 is 1.05 bits per heavy atom. The molecule has 1 amide bonds. The minimum atomic E-state index is -1.80. The predicted molar refractivity (Wildman–Crippen MR) is 437 cm³/mol. The molecule has 0 bridgehead atoms. The number of aliphatic hydroxyl groups is 8. The summed E-state index contributed by atoms with van der Waals surface area (Å²) in [4.78, 5) is 13.4. The fourth-order valence-corrected chi connectivity index (χ4v) is 12.8. The number of unbranched alkanes of at least 4 members (excludes halogenated alkanes) is 32. The van der Waals surface area contributed by atoms with E-state index in [9.17, 15) is 45.6 Å². The standard InChI is InChI=1S/C91H153NO13/c1-3-5-7-9-11-13-15-17-19-21-23-25-27-29-31-33-35-37-38-39-40-41-42-43-45-47-49-51-53-55-57-59-61-63-65-67-69-71-73-75-83(96)92-79(78-102-90-88(101)86(99)89(82(77-94)104-90)105-91-87(100)85(98)84(97)81(76-93)103-91)80(95)74-72-70-68-66-64-62-60-58-56-54-52-50-48-46-44-36-34-32-30-28-26-24-22-20-18-16-14-12-10-8-6-4-2/h5,7,11,13,17,19,23,25,29,31,35,37,39-40,42-43,47,49,53,55,59,61,64,66,72,74,79-82,84-91,93-95,97-101H,3-4,6,8-10,12,14-16,18,20-22,24,26-28,30,32-34,36,38,41,44-46,48,50-52,54,56-58,60,62-63,65,67-71,73,75-78H2,1-2H3,(H,92,96)/b7-5-,13-11-,19-17-,25-23-,31-29-,37-35-,40-39-,43-42-,49-47-,55-53-,61-59-,66-64+,74-72+. The summed E-state index contributed by atoms with van der Waals surface area (Å²) in [6, 6.07) is -0.957. The number of aliphatic hydroxyl groups excluding tert-OH is 8. The minimum absolute atomic E-state index is 0.241. The maximum Gasteiger partial charge on any atom is 0.220 e. The first-order chi connectivity index (χ1) is 51.6. The molecule has 2 aliphatic rings. The number of ether oxygens (including phenoxy) is 4. The number of rotatable bonds is 69. The third-order valence-electron chi connectivity index (χ3n) is 19.4. The van der Waals surface area contributed by atoms with E-state index in [1.54, 1.807) is 6.08 Å². The molecule has 0 spiro atoms. The van der Waals surface area contributed by atoms with E-state index in [4.69, 9.17) is 18.9 Å². The first-order valence-corrected chi connectivity index (χ1v) is 42.2. The molecule has 14 nitrogen and oxygen atoms in total. The Hall–Kier alpha value is -4.39. The van der Waals surface area contributed by atoms with Crippen molar-refractivity contribution in [1.29, 1.82) is 0 Å². The number of carbonyl (C=O) groups excluding carboxylic acids is 1. The van der Waals surface area contributed by atoms with E-state index in [2.05, 4.69) is 165 Å². The second kappa shape index (κ2) is 72.5. The van der Waals surface area contributed by atoms with Crippen LogP contribution in [-0.4, -0.2) is 140 Å². The van der Waals surface area contributed by atoms with Gasteiger partial charge in [-0.25, -0.2) is 0 Å². The van der Waals surface area contributed by atoms with Gasteiger partial charge in [-0.3, -0.25) is 4.79 Å². The number of hydrogen-bond acceptors (Lipinski definition) is 13. The first kappa shape index (κ1) is 96.7. The van der Waals surface area contributed by atoms with Gasteiger partial charge in [0.05, 0.1) is 32.0 Å². The van der Waals surface area contributed by atoms with E-state index in [0.29, 0.717) is 12.8 Å². The van der Waals surface area contributed by atoms with Crippen LogP contribution in [0.25, 0.3) is 0 Å². The van der Waals surface area contributed by atoms with Crippen LogP contribution >= 0.6 is 0 Å². The molecule has 14 heteroatoms. The van der Waals surface area contributed by atoms with Crippen LogP contribution in [0.3, 0.4) is 0 Å². The maximum atomic E-state index is 13.4. The molecule has 0 aromatic carbocycles. The molecule has 600 valence electrons.